The zero-order valence-electron chi connectivity index (χ0n) is 6.95. The molecular formula is C4H3N7O4. The van der Waals surface area contributed by atoms with Crippen LogP contribution in [0.2, 0.25) is 0 Å². The van der Waals surface area contributed by atoms with Crippen molar-refractivity contribution in [3.63, 3.8) is 0 Å². The first kappa shape index (κ1) is 8.86. The monoisotopic (exact) mass is 213 g/mol. The lowest BCUT2D eigenvalue weighted by molar-refractivity contribution is -0.445. The van der Waals surface area contributed by atoms with E-state index in [0.717, 1.165) is 0 Å². The van der Waals surface area contributed by atoms with Gasteiger partial charge in [0.2, 0.25) is 11.5 Å². The number of nitro groups is 1. The van der Waals surface area contributed by atoms with Gasteiger partial charge in [-0.2, -0.15) is 4.98 Å². The molecule has 0 aromatic carbocycles. The molecule has 78 valence electrons. The molecule has 11 heteroatoms. The van der Waals surface area contributed by atoms with Crippen molar-refractivity contribution in [2.24, 2.45) is 0 Å². The summed E-state index contributed by atoms with van der Waals surface area (Å²) in [4.78, 5) is 13.7. The molecule has 0 radical (unpaired) electrons. The summed E-state index contributed by atoms with van der Waals surface area (Å²) in [5, 5.41) is 19.3. The number of rotatable bonds is 3. The minimum Gasteiger partial charge on any atom is -0.351 e. The second-order valence-electron chi connectivity index (χ2n) is 2.29. The molecule has 0 amide bonds. The largest absolute Gasteiger partial charge is 0.351 e. The van der Waals surface area contributed by atoms with Crippen LogP contribution in [-0.4, -0.2) is 25.5 Å². The van der Waals surface area contributed by atoms with E-state index in [-0.39, 0.29) is 23.4 Å². The third-order valence-corrected chi connectivity index (χ3v) is 1.34. The molecule has 3 N–H and O–H groups in total. The lowest BCUT2D eigenvalue weighted by Gasteiger charge is -1.89. The maximum absolute atomic E-state index is 10.2. The lowest BCUT2D eigenvalue weighted by atomic mass is 10.4. The van der Waals surface area contributed by atoms with Crippen LogP contribution in [0.5, 0.6) is 0 Å². The zero-order chi connectivity index (χ0) is 10.8. The molecule has 2 rings (SSSR count). The molecule has 15 heavy (non-hydrogen) atoms. The highest BCUT2D eigenvalue weighted by Gasteiger charge is 2.20. The molecule has 0 bridgehead atoms. The normalized spacial score (nSPS) is 10.1. The molecule has 2 aromatic rings. The van der Waals surface area contributed by atoms with Crippen LogP contribution in [0.15, 0.2) is 9.15 Å². The molecule has 0 spiro atoms. The molecule has 0 saturated heterocycles. The predicted octanol–water partition coefficient (Wildman–Crippen LogP) is -0.695. The summed E-state index contributed by atoms with van der Waals surface area (Å²) in [7, 11) is 0. The van der Waals surface area contributed by atoms with E-state index in [4.69, 9.17) is 5.73 Å². The van der Waals surface area contributed by atoms with Crippen molar-refractivity contribution in [3.05, 3.63) is 10.1 Å². The summed E-state index contributed by atoms with van der Waals surface area (Å²) in [5.41, 5.74) is 6.85. The minimum atomic E-state index is -0.827. The van der Waals surface area contributed by atoms with E-state index in [1.807, 2.05) is 0 Å². The minimum absolute atomic E-state index is 0.0573. The maximum atomic E-state index is 10.2. The average Bonchev–Trinajstić information content (AvgIpc) is 2.72. The SMILES string of the molecule is Nc1nc(-c2nonc2N[N+](=O)[O-])no1. The number of nitrogen functional groups attached to an aromatic ring is 1. The average molecular weight is 213 g/mol. The first-order valence-corrected chi connectivity index (χ1v) is 3.50. The van der Waals surface area contributed by atoms with E-state index >= 15 is 0 Å². The van der Waals surface area contributed by atoms with Crippen molar-refractivity contribution >= 4 is 11.8 Å². The Hall–Kier alpha value is -2.72. The molecule has 0 aliphatic carbocycles. The van der Waals surface area contributed by atoms with Crippen LogP contribution in [-0.2, 0) is 0 Å². The fraction of sp³-hybridized carbons (Fsp3) is 0. The number of nitrogens with one attached hydrogen (secondary N) is 1. The molecule has 0 fully saturated rings. The molecule has 0 aliphatic rings. The Labute approximate surface area is 80.3 Å². The van der Waals surface area contributed by atoms with E-state index in [0.29, 0.717) is 0 Å². The molecular weight excluding hydrogens is 210 g/mol. The van der Waals surface area contributed by atoms with Crippen LogP contribution >= 0.6 is 0 Å². The van der Waals surface area contributed by atoms with Gasteiger partial charge in [0.1, 0.15) is 0 Å². The number of hydrogen-bond acceptors (Lipinski definition) is 9. The van der Waals surface area contributed by atoms with Crippen LogP contribution in [0, 0.1) is 10.1 Å². The van der Waals surface area contributed by atoms with Gasteiger partial charge in [0.25, 0.3) is 5.82 Å². The number of hydrogen-bond donors (Lipinski definition) is 2. The molecule has 11 nitrogen and oxygen atoms in total. The van der Waals surface area contributed by atoms with Gasteiger partial charge in [-0.05, 0) is 10.3 Å². The van der Waals surface area contributed by atoms with E-state index in [2.05, 4.69) is 29.6 Å². The van der Waals surface area contributed by atoms with Gasteiger partial charge < -0.3 is 10.3 Å². The molecule has 0 aliphatic heterocycles. The quantitative estimate of drug-likeness (QED) is 0.492. The van der Waals surface area contributed by atoms with Crippen molar-refractivity contribution in [2.75, 3.05) is 11.2 Å². The molecule has 0 unspecified atom stereocenters. The second kappa shape index (κ2) is 3.21. The summed E-state index contributed by atoms with van der Waals surface area (Å²) < 4.78 is 8.74. The Bertz CT molecular complexity index is 489. The van der Waals surface area contributed by atoms with E-state index < -0.39 is 5.03 Å². The van der Waals surface area contributed by atoms with Gasteiger partial charge in [-0.3, -0.25) is 0 Å². The number of anilines is 2. The number of nitrogens with zero attached hydrogens (tertiary/aromatic N) is 5. The van der Waals surface area contributed by atoms with Crippen LogP contribution in [0.3, 0.4) is 0 Å². The van der Waals surface area contributed by atoms with Gasteiger partial charge in [-0.1, -0.05) is 10.6 Å². The third-order valence-electron chi connectivity index (χ3n) is 1.34. The fourth-order valence-electron chi connectivity index (χ4n) is 0.826. The van der Waals surface area contributed by atoms with Crippen molar-refractivity contribution in [1.82, 2.24) is 20.5 Å². The van der Waals surface area contributed by atoms with Gasteiger partial charge in [0, 0.05) is 0 Å². The summed E-state index contributed by atoms with van der Waals surface area (Å²) in [5.74, 6) is -0.293. The van der Waals surface area contributed by atoms with Gasteiger partial charge in [-0.15, -0.1) is 0 Å². The smallest absolute Gasteiger partial charge is 0.319 e. The number of hydrazine groups is 1. The highest BCUT2D eigenvalue weighted by Crippen LogP contribution is 2.21. The number of nitrogens with two attached hydrogens (primary N) is 1. The summed E-state index contributed by atoms with van der Waals surface area (Å²) in [6.07, 6.45) is 0. The van der Waals surface area contributed by atoms with Crippen molar-refractivity contribution < 1.29 is 14.2 Å². The number of aromatic nitrogens is 4. The highest BCUT2D eigenvalue weighted by molar-refractivity contribution is 5.63. The van der Waals surface area contributed by atoms with E-state index in [9.17, 15) is 10.1 Å². The Kier molecular flexibility index (Phi) is 1.89. The van der Waals surface area contributed by atoms with Crippen LogP contribution in [0.25, 0.3) is 11.5 Å². The van der Waals surface area contributed by atoms with E-state index in [1.54, 1.807) is 5.43 Å². The van der Waals surface area contributed by atoms with Gasteiger partial charge in [-0.25, -0.2) is 14.7 Å². The topological polar surface area (TPSA) is 159 Å². The predicted molar refractivity (Wildman–Crippen MR) is 42.6 cm³/mol. The molecule has 0 saturated carbocycles. The first-order valence-electron chi connectivity index (χ1n) is 3.50. The standard InChI is InChI=1S/C4H3N7O4/c5-4-6-2(9-14-4)1-3(7-11(12)13)10-15-8-1/h(H,7,10)(H2,5,6,9). The van der Waals surface area contributed by atoms with Crippen molar-refractivity contribution in [3.8, 4) is 11.5 Å². The molecule has 2 aromatic heterocycles. The fourth-order valence-corrected chi connectivity index (χ4v) is 0.826. The Morgan fingerprint density at radius 1 is 1.40 bits per heavy atom. The van der Waals surface area contributed by atoms with Crippen LogP contribution in [0.1, 0.15) is 0 Å². The third kappa shape index (κ3) is 1.65. The molecule has 2 heterocycles. The lowest BCUT2D eigenvalue weighted by Crippen LogP contribution is -2.09. The zero-order valence-corrected chi connectivity index (χ0v) is 6.95. The van der Waals surface area contributed by atoms with Gasteiger partial charge in [0.15, 0.2) is 5.03 Å². The molecule has 0 atom stereocenters. The van der Waals surface area contributed by atoms with Crippen molar-refractivity contribution in [1.29, 1.82) is 0 Å². The maximum Gasteiger partial charge on any atom is 0.319 e. The summed E-state index contributed by atoms with van der Waals surface area (Å²) >= 11 is 0. The second-order valence-corrected chi connectivity index (χ2v) is 2.29. The van der Waals surface area contributed by atoms with Crippen molar-refractivity contribution in [2.45, 2.75) is 0 Å². The Morgan fingerprint density at radius 2 is 2.20 bits per heavy atom. The summed E-state index contributed by atoms with van der Waals surface area (Å²) in [6, 6.07) is -0.194. The highest BCUT2D eigenvalue weighted by atomic mass is 16.7. The van der Waals surface area contributed by atoms with E-state index in [1.165, 1.54) is 0 Å². The Balaban J connectivity index is 2.36. The van der Waals surface area contributed by atoms with Crippen LogP contribution < -0.4 is 11.2 Å². The summed E-state index contributed by atoms with van der Waals surface area (Å²) in [6.45, 7) is 0. The van der Waals surface area contributed by atoms with Gasteiger partial charge >= 0.3 is 6.01 Å². The van der Waals surface area contributed by atoms with Gasteiger partial charge in [0.05, 0.1) is 0 Å². The van der Waals surface area contributed by atoms with Crippen LogP contribution in [0.4, 0.5) is 11.8 Å². The Morgan fingerprint density at radius 3 is 2.80 bits per heavy atom. The first-order chi connectivity index (χ1) is 7.16.